The summed E-state index contributed by atoms with van der Waals surface area (Å²) in [5.41, 5.74) is 1.23. The summed E-state index contributed by atoms with van der Waals surface area (Å²) in [4.78, 5) is 14.1. The maximum atomic E-state index is 11.7. The molecule has 1 atom stereocenters. The molecule has 0 spiro atoms. The van der Waals surface area contributed by atoms with E-state index in [4.69, 9.17) is 0 Å². The Morgan fingerprint density at radius 3 is 2.83 bits per heavy atom. The SMILES string of the molecule is CN1CCC(CNC(=O)CCc2ccccc2)C1. The predicted molar refractivity (Wildman–Crippen MR) is 73.4 cm³/mol. The van der Waals surface area contributed by atoms with E-state index in [1.165, 1.54) is 12.0 Å². The number of nitrogens with zero attached hydrogens (tertiary/aromatic N) is 1. The lowest BCUT2D eigenvalue weighted by atomic mass is 10.1. The molecule has 18 heavy (non-hydrogen) atoms. The number of carbonyl (C=O) groups is 1. The summed E-state index contributed by atoms with van der Waals surface area (Å²) >= 11 is 0. The summed E-state index contributed by atoms with van der Waals surface area (Å²) in [5.74, 6) is 0.809. The van der Waals surface area contributed by atoms with E-state index in [0.29, 0.717) is 12.3 Å². The van der Waals surface area contributed by atoms with Crippen molar-refractivity contribution in [3.63, 3.8) is 0 Å². The normalized spacial score (nSPS) is 19.9. The number of carbonyl (C=O) groups excluding carboxylic acids is 1. The van der Waals surface area contributed by atoms with Crippen molar-refractivity contribution in [3.8, 4) is 0 Å². The molecule has 1 saturated heterocycles. The van der Waals surface area contributed by atoms with Gasteiger partial charge in [0.05, 0.1) is 0 Å². The molecular weight excluding hydrogens is 224 g/mol. The first-order valence-corrected chi connectivity index (χ1v) is 6.73. The fourth-order valence-corrected chi connectivity index (χ4v) is 2.44. The van der Waals surface area contributed by atoms with Crippen molar-refractivity contribution >= 4 is 5.91 Å². The van der Waals surface area contributed by atoms with Gasteiger partial charge in [-0.05, 0) is 37.9 Å². The maximum Gasteiger partial charge on any atom is 0.220 e. The number of nitrogens with one attached hydrogen (secondary N) is 1. The van der Waals surface area contributed by atoms with Gasteiger partial charge in [0, 0.05) is 19.5 Å². The molecular formula is C15H22N2O. The molecule has 1 N–H and O–H groups in total. The van der Waals surface area contributed by atoms with Gasteiger partial charge in [0.1, 0.15) is 0 Å². The third-order valence-corrected chi connectivity index (χ3v) is 3.56. The molecule has 0 aromatic heterocycles. The van der Waals surface area contributed by atoms with E-state index in [2.05, 4.69) is 29.4 Å². The van der Waals surface area contributed by atoms with Gasteiger partial charge in [-0.15, -0.1) is 0 Å². The van der Waals surface area contributed by atoms with Gasteiger partial charge in [0.15, 0.2) is 0 Å². The van der Waals surface area contributed by atoms with Crippen LogP contribution < -0.4 is 5.32 Å². The summed E-state index contributed by atoms with van der Waals surface area (Å²) in [6.07, 6.45) is 2.62. The Kier molecular flexibility index (Phi) is 4.76. The van der Waals surface area contributed by atoms with E-state index >= 15 is 0 Å². The third kappa shape index (κ3) is 4.15. The van der Waals surface area contributed by atoms with Crippen LogP contribution in [0.5, 0.6) is 0 Å². The van der Waals surface area contributed by atoms with Gasteiger partial charge in [0.25, 0.3) is 0 Å². The van der Waals surface area contributed by atoms with Crippen molar-refractivity contribution in [1.82, 2.24) is 10.2 Å². The molecule has 1 amide bonds. The first-order chi connectivity index (χ1) is 8.74. The Balaban J connectivity index is 1.63. The van der Waals surface area contributed by atoms with Crippen LogP contribution in [0.3, 0.4) is 0 Å². The lowest BCUT2D eigenvalue weighted by Crippen LogP contribution is -2.30. The van der Waals surface area contributed by atoms with Gasteiger partial charge in [0.2, 0.25) is 5.91 Å². The average Bonchev–Trinajstić information content (AvgIpc) is 2.81. The molecule has 1 unspecified atom stereocenters. The van der Waals surface area contributed by atoms with Crippen LogP contribution in [0.25, 0.3) is 0 Å². The van der Waals surface area contributed by atoms with E-state index in [-0.39, 0.29) is 5.91 Å². The van der Waals surface area contributed by atoms with Gasteiger partial charge >= 0.3 is 0 Å². The molecule has 0 aliphatic carbocycles. The number of hydrogen-bond acceptors (Lipinski definition) is 2. The van der Waals surface area contributed by atoms with Gasteiger partial charge in [-0.25, -0.2) is 0 Å². The predicted octanol–water partition coefficient (Wildman–Crippen LogP) is 1.69. The highest BCUT2D eigenvalue weighted by molar-refractivity contribution is 5.76. The first kappa shape index (κ1) is 13.1. The maximum absolute atomic E-state index is 11.7. The third-order valence-electron chi connectivity index (χ3n) is 3.56. The van der Waals surface area contributed by atoms with Crippen LogP contribution >= 0.6 is 0 Å². The van der Waals surface area contributed by atoms with Gasteiger partial charge in [-0.3, -0.25) is 4.79 Å². The van der Waals surface area contributed by atoms with Crippen molar-refractivity contribution in [2.75, 3.05) is 26.7 Å². The van der Waals surface area contributed by atoms with Crippen LogP contribution in [0.2, 0.25) is 0 Å². The quantitative estimate of drug-likeness (QED) is 0.857. The molecule has 2 rings (SSSR count). The summed E-state index contributed by atoms with van der Waals surface area (Å²) < 4.78 is 0. The summed E-state index contributed by atoms with van der Waals surface area (Å²) in [6, 6.07) is 10.2. The number of rotatable bonds is 5. The molecule has 1 heterocycles. The van der Waals surface area contributed by atoms with Crippen LogP contribution in [0.15, 0.2) is 30.3 Å². The van der Waals surface area contributed by atoms with Crippen LogP contribution in [0, 0.1) is 5.92 Å². The zero-order chi connectivity index (χ0) is 12.8. The molecule has 1 aliphatic heterocycles. The number of aryl methyl sites for hydroxylation is 1. The van der Waals surface area contributed by atoms with E-state index in [0.717, 1.165) is 26.1 Å². The molecule has 0 bridgehead atoms. The second-order valence-electron chi connectivity index (χ2n) is 5.21. The van der Waals surface area contributed by atoms with Gasteiger partial charge in [-0.1, -0.05) is 30.3 Å². The summed E-state index contributed by atoms with van der Waals surface area (Å²) in [6.45, 7) is 3.10. The minimum absolute atomic E-state index is 0.174. The topological polar surface area (TPSA) is 32.3 Å². The molecule has 1 aliphatic rings. The number of likely N-dealkylation sites (tertiary alicyclic amines) is 1. The van der Waals surface area contributed by atoms with E-state index in [1.807, 2.05) is 18.2 Å². The fourth-order valence-electron chi connectivity index (χ4n) is 2.44. The van der Waals surface area contributed by atoms with Crippen LogP contribution in [0.1, 0.15) is 18.4 Å². The van der Waals surface area contributed by atoms with E-state index < -0.39 is 0 Å². The Morgan fingerprint density at radius 1 is 1.39 bits per heavy atom. The fraction of sp³-hybridized carbons (Fsp3) is 0.533. The molecule has 0 radical (unpaired) electrons. The molecule has 3 nitrogen and oxygen atoms in total. The number of amides is 1. The smallest absolute Gasteiger partial charge is 0.220 e. The zero-order valence-corrected chi connectivity index (χ0v) is 11.1. The number of hydrogen-bond donors (Lipinski definition) is 1. The Bertz CT molecular complexity index is 377. The van der Waals surface area contributed by atoms with Crippen LogP contribution in [-0.2, 0) is 11.2 Å². The molecule has 1 aromatic rings. The van der Waals surface area contributed by atoms with Crippen molar-refractivity contribution in [2.45, 2.75) is 19.3 Å². The highest BCUT2D eigenvalue weighted by Gasteiger charge is 2.19. The highest BCUT2D eigenvalue weighted by Crippen LogP contribution is 2.12. The average molecular weight is 246 g/mol. The van der Waals surface area contributed by atoms with E-state index in [9.17, 15) is 4.79 Å². The van der Waals surface area contributed by atoms with Crippen molar-refractivity contribution in [2.24, 2.45) is 5.92 Å². The van der Waals surface area contributed by atoms with E-state index in [1.54, 1.807) is 0 Å². The largest absolute Gasteiger partial charge is 0.356 e. The first-order valence-electron chi connectivity index (χ1n) is 6.73. The summed E-state index contributed by atoms with van der Waals surface area (Å²) in [7, 11) is 2.14. The molecule has 98 valence electrons. The monoisotopic (exact) mass is 246 g/mol. The molecule has 0 saturated carbocycles. The zero-order valence-electron chi connectivity index (χ0n) is 11.1. The molecule has 1 aromatic carbocycles. The highest BCUT2D eigenvalue weighted by atomic mass is 16.1. The summed E-state index contributed by atoms with van der Waals surface area (Å²) in [5, 5.41) is 3.05. The van der Waals surface area contributed by atoms with Crippen molar-refractivity contribution in [3.05, 3.63) is 35.9 Å². The second kappa shape index (κ2) is 6.55. The van der Waals surface area contributed by atoms with Gasteiger partial charge in [-0.2, -0.15) is 0 Å². The van der Waals surface area contributed by atoms with Gasteiger partial charge < -0.3 is 10.2 Å². The standard InChI is InChI=1S/C15H22N2O/c1-17-10-9-14(12-17)11-16-15(18)8-7-13-5-3-2-4-6-13/h2-6,14H,7-12H2,1H3,(H,16,18). The number of benzene rings is 1. The van der Waals surface area contributed by atoms with Crippen molar-refractivity contribution in [1.29, 1.82) is 0 Å². The lowest BCUT2D eigenvalue weighted by molar-refractivity contribution is -0.121. The molecule has 1 fully saturated rings. The Labute approximate surface area is 109 Å². The van der Waals surface area contributed by atoms with Crippen molar-refractivity contribution < 1.29 is 4.79 Å². The van der Waals surface area contributed by atoms with Crippen LogP contribution in [0.4, 0.5) is 0 Å². The minimum atomic E-state index is 0.174. The minimum Gasteiger partial charge on any atom is -0.356 e. The van der Waals surface area contributed by atoms with Crippen LogP contribution in [-0.4, -0.2) is 37.5 Å². The molecule has 3 heteroatoms. The second-order valence-corrected chi connectivity index (χ2v) is 5.21. The Hall–Kier alpha value is -1.35. The Morgan fingerprint density at radius 2 is 2.17 bits per heavy atom. The lowest BCUT2D eigenvalue weighted by Gasteiger charge is -2.11.